The van der Waals surface area contributed by atoms with Gasteiger partial charge in [0.25, 0.3) is 0 Å². The second-order valence-electron chi connectivity index (χ2n) is 6.20. The molecule has 2 rings (SSSR count). The van der Waals surface area contributed by atoms with Gasteiger partial charge in [-0.1, -0.05) is 0 Å². The SMILES string of the molecule is CC1(C)C(=[Se])C2(C)CCC1C2(C)C. The monoisotopic (exact) mass is 244 g/mol. The van der Waals surface area contributed by atoms with E-state index in [1.54, 1.807) is 4.42 Å². The van der Waals surface area contributed by atoms with E-state index in [2.05, 4.69) is 50.2 Å². The van der Waals surface area contributed by atoms with E-state index < -0.39 is 0 Å². The van der Waals surface area contributed by atoms with Crippen LogP contribution in [0.1, 0.15) is 47.5 Å². The van der Waals surface area contributed by atoms with Gasteiger partial charge in [-0.2, -0.15) is 0 Å². The second-order valence-corrected chi connectivity index (χ2v) is 7.05. The molecule has 0 heterocycles. The van der Waals surface area contributed by atoms with Gasteiger partial charge in [0, 0.05) is 0 Å². The molecule has 13 heavy (non-hydrogen) atoms. The van der Waals surface area contributed by atoms with Gasteiger partial charge in [-0.3, -0.25) is 0 Å². The van der Waals surface area contributed by atoms with Crippen LogP contribution in [0.3, 0.4) is 0 Å². The van der Waals surface area contributed by atoms with Crippen LogP contribution < -0.4 is 0 Å². The Labute approximate surface area is 89.8 Å². The van der Waals surface area contributed by atoms with Crippen molar-refractivity contribution in [3.63, 3.8) is 0 Å². The molecule has 0 aromatic carbocycles. The Morgan fingerprint density at radius 2 is 1.69 bits per heavy atom. The van der Waals surface area contributed by atoms with E-state index in [0.717, 1.165) is 5.92 Å². The molecule has 0 aromatic heterocycles. The average Bonchev–Trinajstić information content (AvgIpc) is 2.26. The van der Waals surface area contributed by atoms with Gasteiger partial charge in [0.05, 0.1) is 0 Å². The van der Waals surface area contributed by atoms with E-state index in [1.165, 1.54) is 12.8 Å². The van der Waals surface area contributed by atoms with Crippen molar-refractivity contribution < 1.29 is 0 Å². The molecular weight excluding hydrogens is 223 g/mol. The molecule has 2 bridgehead atoms. The van der Waals surface area contributed by atoms with E-state index in [4.69, 9.17) is 0 Å². The molecule has 0 aromatic rings. The predicted octanol–water partition coefficient (Wildman–Crippen LogP) is 2.81. The molecule has 0 saturated heterocycles. The Hall–Kier alpha value is 0.389. The van der Waals surface area contributed by atoms with Gasteiger partial charge in [-0.25, -0.2) is 0 Å². The molecule has 2 aliphatic rings. The van der Waals surface area contributed by atoms with Crippen LogP contribution in [0.4, 0.5) is 0 Å². The van der Waals surface area contributed by atoms with Crippen LogP contribution in [-0.4, -0.2) is 20.0 Å². The molecular formula is C12H20Se. The third-order valence-corrected chi connectivity index (χ3v) is 7.23. The van der Waals surface area contributed by atoms with Crippen molar-refractivity contribution in [3.8, 4) is 0 Å². The summed E-state index contributed by atoms with van der Waals surface area (Å²) >= 11 is 3.37. The van der Waals surface area contributed by atoms with Crippen molar-refractivity contribution in [2.75, 3.05) is 0 Å². The fraction of sp³-hybridized carbons (Fsp3) is 0.917. The summed E-state index contributed by atoms with van der Waals surface area (Å²) < 4.78 is 1.63. The van der Waals surface area contributed by atoms with E-state index in [9.17, 15) is 0 Å². The number of fused-ring (bicyclic) bond motifs is 2. The molecule has 0 radical (unpaired) electrons. The first-order chi connectivity index (χ1) is 5.74. The van der Waals surface area contributed by atoms with Crippen LogP contribution in [0.5, 0.6) is 0 Å². The molecule has 0 spiro atoms. The number of hydrogen-bond acceptors (Lipinski definition) is 0. The molecule has 0 nitrogen and oxygen atoms in total. The molecule has 0 N–H and O–H groups in total. The molecule has 0 amide bonds. The minimum atomic E-state index is 0.427. The van der Waals surface area contributed by atoms with Gasteiger partial charge in [0.1, 0.15) is 0 Å². The Kier molecular flexibility index (Phi) is 1.76. The zero-order valence-electron chi connectivity index (χ0n) is 9.40. The molecule has 2 aliphatic carbocycles. The first-order valence-corrected chi connectivity index (χ1v) is 6.15. The molecule has 2 fully saturated rings. The fourth-order valence-electron chi connectivity index (χ4n) is 4.04. The van der Waals surface area contributed by atoms with E-state index in [0.29, 0.717) is 16.2 Å². The third kappa shape index (κ3) is 0.862. The fourth-order valence-corrected chi connectivity index (χ4v) is 5.10. The zero-order valence-corrected chi connectivity index (χ0v) is 11.1. The van der Waals surface area contributed by atoms with Crippen LogP contribution in [0.25, 0.3) is 0 Å². The van der Waals surface area contributed by atoms with Crippen LogP contribution in [0, 0.1) is 22.2 Å². The molecule has 1 heteroatoms. The summed E-state index contributed by atoms with van der Waals surface area (Å²) in [7, 11) is 0. The van der Waals surface area contributed by atoms with E-state index in [1.807, 2.05) is 0 Å². The van der Waals surface area contributed by atoms with Gasteiger partial charge in [0.2, 0.25) is 0 Å². The molecule has 0 aliphatic heterocycles. The summed E-state index contributed by atoms with van der Waals surface area (Å²) in [6.45, 7) is 12.2. The van der Waals surface area contributed by atoms with Crippen LogP contribution in [0.15, 0.2) is 0 Å². The zero-order chi connectivity index (χ0) is 10.1. The first-order valence-electron chi connectivity index (χ1n) is 5.29. The second kappa shape index (κ2) is 2.31. The Bertz CT molecular complexity index is 275. The summed E-state index contributed by atoms with van der Waals surface area (Å²) in [5, 5.41) is 0. The van der Waals surface area contributed by atoms with Crippen LogP contribution in [-0.2, 0) is 0 Å². The van der Waals surface area contributed by atoms with Gasteiger partial charge < -0.3 is 0 Å². The van der Waals surface area contributed by atoms with Crippen molar-refractivity contribution in [1.29, 1.82) is 0 Å². The van der Waals surface area contributed by atoms with Gasteiger partial charge in [-0.05, 0) is 0 Å². The molecule has 2 saturated carbocycles. The molecule has 74 valence electrons. The van der Waals surface area contributed by atoms with Crippen LogP contribution in [0.2, 0.25) is 0 Å². The minimum absolute atomic E-state index is 0.427. The van der Waals surface area contributed by atoms with E-state index in [-0.39, 0.29) is 0 Å². The van der Waals surface area contributed by atoms with Crippen molar-refractivity contribution >= 4 is 20.0 Å². The Balaban J connectivity index is 2.58. The predicted molar refractivity (Wildman–Crippen MR) is 59.2 cm³/mol. The van der Waals surface area contributed by atoms with Gasteiger partial charge in [0.15, 0.2) is 0 Å². The molecule has 2 unspecified atom stereocenters. The van der Waals surface area contributed by atoms with Crippen molar-refractivity contribution in [3.05, 3.63) is 0 Å². The van der Waals surface area contributed by atoms with Gasteiger partial charge in [-0.15, -0.1) is 0 Å². The first kappa shape index (κ1) is 9.93. The van der Waals surface area contributed by atoms with E-state index >= 15 is 0 Å². The summed E-state index contributed by atoms with van der Waals surface area (Å²) in [5.41, 5.74) is 1.38. The Morgan fingerprint density at radius 1 is 1.15 bits per heavy atom. The topological polar surface area (TPSA) is 0 Å². The number of hydrogen-bond donors (Lipinski definition) is 0. The molecule has 2 atom stereocenters. The summed E-state index contributed by atoms with van der Waals surface area (Å²) in [5.74, 6) is 0.876. The third-order valence-electron chi connectivity index (χ3n) is 5.18. The summed E-state index contributed by atoms with van der Waals surface area (Å²) in [6.07, 6.45) is 2.80. The van der Waals surface area contributed by atoms with Crippen molar-refractivity contribution in [2.45, 2.75) is 47.5 Å². The maximum absolute atomic E-state index is 3.37. The van der Waals surface area contributed by atoms with Crippen molar-refractivity contribution in [2.24, 2.45) is 22.2 Å². The normalized spacial score (nSPS) is 45.6. The van der Waals surface area contributed by atoms with Crippen molar-refractivity contribution in [1.82, 2.24) is 0 Å². The summed E-state index contributed by atoms with van der Waals surface area (Å²) in [6, 6.07) is 0. The quantitative estimate of drug-likeness (QED) is 0.574. The average molecular weight is 243 g/mol. The Morgan fingerprint density at radius 3 is 1.92 bits per heavy atom. The summed E-state index contributed by atoms with van der Waals surface area (Å²) in [4.78, 5) is 0. The van der Waals surface area contributed by atoms with Gasteiger partial charge >= 0.3 is 89.6 Å². The van der Waals surface area contributed by atoms with Crippen LogP contribution >= 0.6 is 0 Å². The standard InChI is InChI=1S/C12H20Se/c1-10(2)8-6-7-12(5,9(10)13)11(8,3)4/h8H,6-7H2,1-5H3. The maximum atomic E-state index is 3.37. The number of rotatable bonds is 0.